The fraction of sp³-hybridized carbons (Fsp3) is 0.133. The number of hydrogen-bond donors (Lipinski definition) is 0. The monoisotopic (exact) mass is 356 g/mol. The average Bonchev–Trinajstić information content (AvgIpc) is 2.91. The summed E-state index contributed by atoms with van der Waals surface area (Å²) >= 11 is 5.96. The van der Waals surface area contributed by atoms with Gasteiger partial charge in [-0.2, -0.15) is 13.2 Å². The summed E-state index contributed by atoms with van der Waals surface area (Å²) in [6, 6.07) is 4.54. The first kappa shape index (κ1) is 16.4. The van der Waals surface area contributed by atoms with Crippen LogP contribution in [0.4, 0.5) is 17.6 Å². The van der Waals surface area contributed by atoms with Crippen molar-refractivity contribution < 1.29 is 17.6 Å². The van der Waals surface area contributed by atoms with Crippen LogP contribution in [0.1, 0.15) is 11.4 Å². The molecule has 0 aliphatic heterocycles. The first-order valence-corrected chi connectivity index (χ1v) is 7.06. The lowest BCUT2D eigenvalue weighted by Gasteiger charge is -2.08. The molecule has 0 aromatic carbocycles. The summed E-state index contributed by atoms with van der Waals surface area (Å²) in [4.78, 5) is 10.7. The summed E-state index contributed by atoms with van der Waals surface area (Å²) in [6.45, 7) is 0.334. The predicted octanol–water partition coefficient (Wildman–Crippen LogP) is 4.20. The van der Waals surface area contributed by atoms with Gasteiger partial charge in [-0.1, -0.05) is 11.6 Å². The molecule has 9 heteroatoms. The Bertz CT molecular complexity index is 859. The number of halogens is 5. The molecule has 0 aliphatic carbocycles. The van der Waals surface area contributed by atoms with Gasteiger partial charge in [-0.3, -0.25) is 0 Å². The van der Waals surface area contributed by atoms with Crippen molar-refractivity contribution in [3.63, 3.8) is 0 Å². The SMILES string of the molecule is Fc1ccn(Cc2cc(Cl)nc(-c3cnc(C(F)(F)F)nc3)c2)c1. The molecule has 0 fully saturated rings. The number of hydrogen-bond acceptors (Lipinski definition) is 3. The molecule has 3 aromatic heterocycles. The Morgan fingerprint density at radius 1 is 1.12 bits per heavy atom. The Morgan fingerprint density at radius 2 is 1.83 bits per heavy atom. The van der Waals surface area contributed by atoms with Gasteiger partial charge in [0, 0.05) is 36.9 Å². The molecule has 0 N–H and O–H groups in total. The Hall–Kier alpha value is -2.48. The molecule has 3 heterocycles. The summed E-state index contributed by atoms with van der Waals surface area (Å²) in [7, 11) is 0. The van der Waals surface area contributed by atoms with Gasteiger partial charge < -0.3 is 4.57 Å². The molecule has 0 radical (unpaired) electrons. The molecule has 0 bridgehead atoms. The standard InChI is InChI=1S/C15H9ClF4N4/c16-13-4-9(7-24-2-1-11(17)8-24)3-12(23-13)10-5-21-14(22-6-10)15(18,19)20/h1-6,8H,7H2. The molecule has 24 heavy (non-hydrogen) atoms. The molecular formula is C15H9ClF4N4. The Balaban J connectivity index is 1.91. The lowest BCUT2D eigenvalue weighted by molar-refractivity contribution is -0.144. The Labute approximate surface area is 138 Å². The highest BCUT2D eigenvalue weighted by molar-refractivity contribution is 6.29. The van der Waals surface area contributed by atoms with Crippen molar-refractivity contribution in [2.75, 3.05) is 0 Å². The predicted molar refractivity (Wildman–Crippen MR) is 78.8 cm³/mol. The molecule has 0 spiro atoms. The van der Waals surface area contributed by atoms with E-state index in [-0.39, 0.29) is 11.0 Å². The highest BCUT2D eigenvalue weighted by Crippen LogP contribution is 2.27. The van der Waals surface area contributed by atoms with Gasteiger partial charge in [-0.25, -0.2) is 19.3 Å². The second-order valence-corrected chi connectivity index (χ2v) is 5.37. The topological polar surface area (TPSA) is 43.6 Å². The minimum absolute atomic E-state index is 0.162. The number of pyridine rings is 1. The van der Waals surface area contributed by atoms with Crippen LogP contribution < -0.4 is 0 Å². The van der Waals surface area contributed by atoms with E-state index in [0.717, 1.165) is 12.4 Å². The van der Waals surface area contributed by atoms with Crippen molar-refractivity contribution >= 4 is 11.6 Å². The molecule has 0 aliphatic rings. The van der Waals surface area contributed by atoms with Gasteiger partial charge in [-0.15, -0.1) is 0 Å². The third kappa shape index (κ3) is 3.70. The van der Waals surface area contributed by atoms with Crippen LogP contribution in [0.3, 0.4) is 0 Å². The van der Waals surface area contributed by atoms with Crippen LogP contribution in [-0.4, -0.2) is 19.5 Å². The molecule has 0 saturated heterocycles. The van der Waals surface area contributed by atoms with E-state index in [1.165, 1.54) is 12.3 Å². The second kappa shape index (κ2) is 6.20. The van der Waals surface area contributed by atoms with E-state index in [9.17, 15) is 17.6 Å². The second-order valence-electron chi connectivity index (χ2n) is 4.98. The quantitative estimate of drug-likeness (QED) is 0.522. The van der Waals surface area contributed by atoms with Crippen LogP contribution in [0.25, 0.3) is 11.3 Å². The van der Waals surface area contributed by atoms with Gasteiger partial charge in [0.25, 0.3) is 0 Å². The van der Waals surface area contributed by atoms with Crippen LogP contribution in [0.15, 0.2) is 43.0 Å². The average molecular weight is 357 g/mol. The zero-order chi connectivity index (χ0) is 17.3. The highest BCUT2D eigenvalue weighted by Gasteiger charge is 2.34. The first-order chi connectivity index (χ1) is 11.3. The van der Waals surface area contributed by atoms with Gasteiger partial charge in [0.2, 0.25) is 5.82 Å². The van der Waals surface area contributed by atoms with E-state index < -0.39 is 12.0 Å². The van der Waals surface area contributed by atoms with Crippen LogP contribution >= 0.6 is 11.6 Å². The number of rotatable bonds is 3. The van der Waals surface area contributed by atoms with Gasteiger partial charge in [-0.05, 0) is 23.8 Å². The number of alkyl halides is 3. The van der Waals surface area contributed by atoms with Gasteiger partial charge in [0.15, 0.2) is 0 Å². The number of nitrogens with zero attached hydrogens (tertiary/aromatic N) is 4. The van der Waals surface area contributed by atoms with Crippen LogP contribution in [0, 0.1) is 5.82 Å². The maximum Gasteiger partial charge on any atom is 0.451 e. The van der Waals surface area contributed by atoms with Crippen molar-refractivity contribution in [2.45, 2.75) is 12.7 Å². The van der Waals surface area contributed by atoms with Gasteiger partial charge in [0.05, 0.1) is 5.69 Å². The van der Waals surface area contributed by atoms with Crippen molar-refractivity contribution in [3.8, 4) is 11.3 Å². The van der Waals surface area contributed by atoms with E-state index in [2.05, 4.69) is 15.0 Å². The summed E-state index contributed by atoms with van der Waals surface area (Å²) < 4.78 is 52.1. The van der Waals surface area contributed by atoms with Gasteiger partial charge >= 0.3 is 6.18 Å². The summed E-state index contributed by atoms with van der Waals surface area (Å²) in [5, 5.41) is 0.162. The van der Waals surface area contributed by atoms with Gasteiger partial charge in [0.1, 0.15) is 11.0 Å². The zero-order valence-corrected chi connectivity index (χ0v) is 12.7. The molecule has 0 atom stereocenters. The normalized spacial score (nSPS) is 11.7. The van der Waals surface area contributed by atoms with Crippen molar-refractivity contribution in [3.05, 3.63) is 65.3 Å². The van der Waals surface area contributed by atoms with Crippen molar-refractivity contribution in [2.24, 2.45) is 0 Å². The highest BCUT2D eigenvalue weighted by atomic mass is 35.5. The molecule has 124 valence electrons. The van der Waals surface area contributed by atoms with E-state index in [1.807, 2.05) is 0 Å². The molecule has 0 unspecified atom stereocenters. The third-order valence-corrected chi connectivity index (χ3v) is 3.33. The lowest BCUT2D eigenvalue weighted by atomic mass is 10.1. The summed E-state index contributed by atoms with van der Waals surface area (Å²) in [5.41, 5.74) is 1.34. The molecule has 4 nitrogen and oxygen atoms in total. The Kier molecular flexibility index (Phi) is 4.23. The van der Waals surface area contributed by atoms with E-state index in [4.69, 9.17) is 11.6 Å². The van der Waals surface area contributed by atoms with Crippen molar-refractivity contribution in [1.82, 2.24) is 19.5 Å². The van der Waals surface area contributed by atoms with Crippen LogP contribution in [-0.2, 0) is 12.7 Å². The van der Waals surface area contributed by atoms with E-state index in [1.54, 1.807) is 22.9 Å². The number of aromatic nitrogens is 4. The minimum atomic E-state index is -4.61. The summed E-state index contributed by atoms with van der Waals surface area (Å²) in [5.74, 6) is -1.59. The maximum atomic E-state index is 13.0. The molecule has 3 rings (SSSR count). The molecule has 0 amide bonds. The molecule has 3 aromatic rings. The smallest absolute Gasteiger partial charge is 0.347 e. The van der Waals surface area contributed by atoms with Crippen LogP contribution in [0.5, 0.6) is 0 Å². The fourth-order valence-electron chi connectivity index (χ4n) is 2.12. The lowest BCUT2D eigenvalue weighted by Crippen LogP contribution is -2.10. The maximum absolute atomic E-state index is 13.0. The van der Waals surface area contributed by atoms with Crippen LogP contribution in [0.2, 0.25) is 5.15 Å². The summed E-state index contributed by atoms with van der Waals surface area (Å²) in [6.07, 6.45) is 0.338. The minimum Gasteiger partial charge on any atom is -0.347 e. The van der Waals surface area contributed by atoms with Crippen molar-refractivity contribution in [1.29, 1.82) is 0 Å². The molecule has 0 saturated carbocycles. The zero-order valence-electron chi connectivity index (χ0n) is 11.9. The largest absolute Gasteiger partial charge is 0.451 e. The van der Waals surface area contributed by atoms with E-state index in [0.29, 0.717) is 23.4 Å². The third-order valence-electron chi connectivity index (χ3n) is 3.13. The van der Waals surface area contributed by atoms with E-state index >= 15 is 0 Å². The first-order valence-electron chi connectivity index (χ1n) is 6.68. The fourth-order valence-corrected chi connectivity index (χ4v) is 2.35. The molecular weight excluding hydrogens is 348 g/mol. The Morgan fingerprint density at radius 3 is 2.42 bits per heavy atom.